The Balaban J connectivity index is 1.22. The van der Waals surface area contributed by atoms with Crippen molar-refractivity contribution in [1.29, 1.82) is 0 Å². The van der Waals surface area contributed by atoms with E-state index < -0.39 is 25.9 Å². The van der Waals surface area contributed by atoms with Crippen molar-refractivity contribution in [3.05, 3.63) is 125 Å². The zero-order valence-electron chi connectivity index (χ0n) is 33.1. The number of aliphatic hydroxyl groups excluding tert-OH is 1. The minimum absolute atomic E-state index is 0.0416. The fourth-order valence-corrected chi connectivity index (χ4v) is 10.9. The van der Waals surface area contributed by atoms with Crippen LogP contribution in [0.2, 0.25) is 18.6 Å². The summed E-state index contributed by atoms with van der Waals surface area (Å²) >= 11 is 0. The van der Waals surface area contributed by atoms with Crippen molar-refractivity contribution in [2.75, 3.05) is 36.4 Å². The van der Waals surface area contributed by atoms with Gasteiger partial charge in [-0.25, -0.2) is 0 Å². The summed E-state index contributed by atoms with van der Waals surface area (Å²) in [4.78, 5) is 55.3. The van der Waals surface area contributed by atoms with Gasteiger partial charge in [0.2, 0.25) is 0 Å². The van der Waals surface area contributed by atoms with Crippen LogP contribution in [0.15, 0.2) is 97.2 Å². The van der Waals surface area contributed by atoms with Crippen LogP contribution >= 0.6 is 0 Å². The molecule has 58 heavy (non-hydrogen) atoms. The summed E-state index contributed by atoms with van der Waals surface area (Å²) in [6, 6.07) is 26.3. The average molecular weight is 805 g/mol. The molecule has 302 valence electrons. The molecular formula is C43H48N6O8Si. The molecule has 1 saturated heterocycles. The quantitative estimate of drug-likeness (QED) is 0.101. The molecule has 5 aromatic rings. The van der Waals surface area contributed by atoms with Crippen molar-refractivity contribution in [3.63, 3.8) is 0 Å². The van der Waals surface area contributed by atoms with Crippen LogP contribution in [0, 0.1) is 5.92 Å². The second-order valence-electron chi connectivity index (χ2n) is 15.3. The van der Waals surface area contributed by atoms with Gasteiger partial charge in [-0.2, -0.15) is 0 Å². The molecule has 1 spiro atoms. The van der Waals surface area contributed by atoms with Crippen LogP contribution in [0.5, 0.6) is 11.5 Å². The number of aryl methyl sites for hydroxylation is 1. The van der Waals surface area contributed by atoms with Crippen LogP contribution in [-0.4, -0.2) is 77.9 Å². The second kappa shape index (κ2) is 16.5. The standard InChI is InChI=1S/C43H48N6O8Si/c1-27-39(58(4,5)54)38(19-21-48-26-33(20-22-50)46-47-48)57-43(27)36-24-32(45-41(52)30-11-16-35(56-3)17-12-30)13-18-37(36)49(42(43)53)25-28-7-6-8-31(23-28)44-40(51)29-9-14-34(55-2)15-10-29/h6-18,23-24,26-27,38-39,50,54H,19-22,25H2,1-5H3,(H,44,51)(H,45,52)/t27-,38+,39-,43+/m0/s1. The number of fused-ring (bicyclic) bond motifs is 2. The molecule has 0 saturated carbocycles. The molecule has 4 N–H and O–H groups in total. The van der Waals surface area contributed by atoms with E-state index in [4.69, 9.17) is 14.2 Å². The Kier molecular flexibility index (Phi) is 11.5. The number of benzene rings is 4. The number of methoxy groups -OCH3 is 2. The summed E-state index contributed by atoms with van der Waals surface area (Å²) in [7, 11) is 0.138. The van der Waals surface area contributed by atoms with Gasteiger partial charge in [0.25, 0.3) is 17.7 Å². The first-order chi connectivity index (χ1) is 27.8. The average Bonchev–Trinajstić information content (AvgIpc) is 3.86. The lowest BCUT2D eigenvalue weighted by atomic mass is 9.82. The molecule has 2 aliphatic rings. The third-order valence-corrected chi connectivity index (χ3v) is 13.6. The molecule has 4 atom stereocenters. The van der Waals surface area contributed by atoms with Gasteiger partial charge in [0, 0.05) is 65.3 Å². The fourth-order valence-electron chi connectivity index (χ4n) is 8.34. The maximum absolute atomic E-state index is 15.2. The monoisotopic (exact) mass is 804 g/mol. The molecule has 3 amide bonds. The third-order valence-electron chi connectivity index (χ3n) is 11.1. The first-order valence-electron chi connectivity index (χ1n) is 19.2. The summed E-state index contributed by atoms with van der Waals surface area (Å²) in [6.45, 7) is 6.25. The molecule has 4 aromatic carbocycles. The van der Waals surface area contributed by atoms with Crippen LogP contribution in [0.3, 0.4) is 0 Å². The minimum atomic E-state index is -2.99. The molecule has 14 nitrogen and oxygen atoms in total. The maximum Gasteiger partial charge on any atom is 0.264 e. The molecule has 3 heterocycles. The van der Waals surface area contributed by atoms with E-state index in [0.717, 1.165) is 5.56 Å². The van der Waals surface area contributed by atoms with Crippen molar-refractivity contribution in [1.82, 2.24) is 15.0 Å². The normalized spacial score (nSPS) is 19.9. The molecule has 0 bridgehead atoms. The number of nitrogens with one attached hydrogen (secondary N) is 2. The SMILES string of the molecule is COc1ccc(C(=O)Nc2cccc(CN3C(=O)[C@]4(O[C@H](CCn5cc(CCO)nn5)[C@@H]([Si](C)(C)O)[C@@H]4C)c4cc(NC(=O)c5ccc(OC)cc5)ccc43)c2)cc1. The Morgan fingerprint density at radius 2 is 1.52 bits per heavy atom. The predicted molar refractivity (Wildman–Crippen MR) is 221 cm³/mol. The lowest BCUT2D eigenvalue weighted by Crippen LogP contribution is -2.46. The van der Waals surface area contributed by atoms with E-state index in [1.54, 1.807) is 96.7 Å². The highest BCUT2D eigenvalue weighted by atomic mass is 28.4. The van der Waals surface area contributed by atoms with Crippen molar-refractivity contribution < 1.29 is 38.5 Å². The number of hydrogen-bond donors (Lipinski definition) is 4. The van der Waals surface area contributed by atoms with Gasteiger partial charge in [-0.05, 0) is 104 Å². The number of hydrogen-bond acceptors (Lipinski definition) is 10. The molecule has 0 aliphatic carbocycles. The summed E-state index contributed by atoms with van der Waals surface area (Å²) < 4.78 is 19.2. The van der Waals surface area contributed by atoms with Crippen molar-refractivity contribution in [3.8, 4) is 11.5 Å². The lowest BCUT2D eigenvalue weighted by Gasteiger charge is -2.32. The molecule has 0 unspecified atom stereocenters. The molecular weight excluding hydrogens is 757 g/mol. The molecule has 1 fully saturated rings. The summed E-state index contributed by atoms with van der Waals surface area (Å²) in [5.41, 5.74) is 2.75. The van der Waals surface area contributed by atoms with Gasteiger partial charge in [0.1, 0.15) is 11.5 Å². The van der Waals surface area contributed by atoms with Gasteiger partial charge in [-0.15, -0.1) is 5.10 Å². The predicted octanol–water partition coefficient (Wildman–Crippen LogP) is 5.77. The number of aliphatic hydroxyl groups is 1. The number of carbonyl (C=O) groups is 3. The van der Waals surface area contributed by atoms with E-state index in [2.05, 4.69) is 20.9 Å². The van der Waals surface area contributed by atoms with Gasteiger partial charge in [0.15, 0.2) is 13.9 Å². The Morgan fingerprint density at radius 3 is 2.10 bits per heavy atom. The summed E-state index contributed by atoms with van der Waals surface area (Å²) in [5, 5.41) is 23.7. The Hall–Kier alpha value is -5.87. The van der Waals surface area contributed by atoms with E-state index in [0.29, 0.717) is 70.3 Å². The van der Waals surface area contributed by atoms with E-state index in [9.17, 15) is 19.5 Å². The molecule has 2 aliphatic heterocycles. The smallest absolute Gasteiger partial charge is 0.264 e. The Morgan fingerprint density at radius 1 is 0.897 bits per heavy atom. The second-order valence-corrected chi connectivity index (χ2v) is 19.3. The van der Waals surface area contributed by atoms with Crippen LogP contribution in [-0.2, 0) is 34.6 Å². The summed E-state index contributed by atoms with van der Waals surface area (Å²) in [5.74, 6) is -0.0884. The van der Waals surface area contributed by atoms with Crippen molar-refractivity contribution in [2.24, 2.45) is 5.92 Å². The van der Waals surface area contributed by atoms with Gasteiger partial charge < -0.3 is 39.6 Å². The fraction of sp³-hybridized carbons (Fsp3) is 0.326. The highest BCUT2D eigenvalue weighted by Crippen LogP contribution is 2.60. The number of ether oxygens (including phenoxy) is 3. The largest absolute Gasteiger partial charge is 0.497 e. The van der Waals surface area contributed by atoms with Gasteiger partial charge in [0.05, 0.1) is 38.2 Å². The topological polar surface area (TPSA) is 177 Å². The highest BCUT2D eigenvalue weighted by Gasteiger charge is 2.66. The first-order valence-corrected chi connectivity index (χ1v) is 22.2. The minimum Gasteiger partial charge on any atom is -0.497 e. The third kappa shape index (κ3) is 7.98. The van der Waals surface area contributed by atoms with Gasteiger partial charge in [-0.3, -0.25) is 19.1 Å². The zero-order chi connectivity index (χ0) is 41.2. The molecule has 15 heteroatoms. The van der Waals surface area contributed by atoms with Crippen LogP contribution < -0.4 is 25.0 Å². The van der Waals surface area contributed by atoms with E-state index in [1.807, 2.05) is 44.3 Å². The number of amides is 3. The van der Waals surface area contributed by atoms with Crippen LogP contribution in [0.25, 0.3) is 0 Å². The van der Waals surface area contributed by atoms with E-state index in [1.165, 1.54) is 0 Å². The Bertz CT molecular complexity index is 2290. The number of carbonyl (C=O) groups excluding carboxylic acids is 3. The summed E-state index contributed by atoms with van der Waals surface area (Å²) in [6.07, 6.45) is 2.10. The van der Waals surface area contributed by atoms with Crippen molar-refractivity contribution >= 4 is 43.1 Å². The van der Waals surface area contributed by atoms with E-state index >= 15 is 4.79 Å². The van der Waals surface area contributed by atoms with Crippen LogP contribution in [0.1, 0.15) is 50.9 Å². The first kappa shape index (κ1) is 40.3. The molecule has 7 rings (SSSR count). The maximum atomic E-state index is 15.2. The Labute approximate surface area is 337 Å². The van der Waals surface area contributed by atoms with Crippen LogP contribution in [0.4, 0.5) is 17.1 Å². The number of nitrogens with zero attached hydrogens (tertiary/aromatic N) is 4. The number of anilines is 3. The number of aromatic nitrogens is 3. The van der Waals surface area contributed by atoms with Gasteiger partial charge >= 0.3 is 0 Å². The molecule has 1 aromatic heterocycles. The van der Waals surface area contributed by atoms with Crippen molar-refractivity contribution in [2.45, 2.75) is 63.2 Å². The number of rotatable bonds is 14. The molecule has 0 radical (unpaired) electrons. The lowest BCUT2D eigenvalue weighted by molar-refractivity contribution is -0.146. The van der Waals surface area contributed by atoms with E-state index in [-0.39, 0.29) is 36.4 Å². The highest BCUT2D eigenvalue weighted by molar-refractivity contribution is 6.71. The van der Waals surface area contributed by atoms with Gasteiger partial charge in [-0.1, -0.05) is 24.3 Å². The zero-order valence-corrected chi connectivity index (χ0v) is 34.1.